The van der Waals surface area contributed by atoms with Crippen LogP contribution in [0.25, 0.3) is 16.9 Å². The summed E-state index contributed by atoms with van der Waals surface area (Å²) in [7, 11) is 0. The van der Waals surface area contributed by atoms with Gasteiger partial charge < -0.3 is 10.2 Å². The molecule has 7 heteroatoms. The monoisotopic (exact) mass is 356 g/mol. The van der Waals surface area contributed by atoms with Crippen molar-refractivity contribution in [3.63, 3.8) is 0 Å². The summed E-state index contributed by atoms with van der Waals surface area (Å²) in [5.41, 5.74) is 1.15. The molecule has 0 aliphatic heterocycles. The Bertz CT molecular complexity index is 980. The molecule has 6 nitrogen and oxygen atoms in total. The van der Waals surface area contributed by atoms with Gasteiger partial charge in [-0.2, -0.15) is 5.10 Å². The van der Waals surface area contributed by atoms with Crippen LogP contribution in [0.5, 0.6) is 0 Å². The van der Waals surface area contributed by atoms with E-state index >= 15 is 0 Å². The summed E-state index contributed by atoms with van der Waals surface area (Å²) in [5.74, 6) is -2.77. The van der Waals surface area contributed by atoms with Crippen molar-refractivity contribution in [2.45, 2.75) is 6.92 Å². The molecule has 0 amide bonds. The van der Waals surface area contributed by atoms with E-state index in [1.165, 1.54) is 4.68 Å². The van der Waals surface area contributed by atoms with Crippen LogP contribution in [0.3, 0.4) is 0 Å². The highest BCUT2D eigenvalue weighted by molar-refractivity contribution is 6.31. The van der Waals surface area contributed by atoms with Crippen molar-refractivity contribution in [1.82, 2.24) is 9.78 Å². The van der Waals surface area contributed by atoms with Crippen molar-refractivity contribution in [1.29, 1.82) is 0 Å². The van der Waals surface area contributed by atoms with Gasteiger partial charge in [-0.15, -0.1) is 0 Å². The van der Waals surface area contributed by atoms with Gasteiger partial charge in [-0.25, -0.2) is 14.3 Å². The summed E-state index contributed by atoms with van der Waals surface area (Å²) in [6.07, 6.45) is 0. The van der Waals surface area contributed by atoms with Crippen molar-refractivity contribution >= 4 is 23.5 Å². The lowest BCUT2D eigenvalue weighted by molar-refractivity contribution is 0.0648. The zero-order valence-electron chi connectivity index (χ0n) is 13.1. The summed E-state index contributed by atoms with van der Waals surface area (Å²) >= 11 is 6.16. The van der Waals surface area contributed by atoms with Gasteiger partial charge in [0, 0.05) is 10.6 Å². The fraction of sp³-hybridized carbons (Fsp3) is 0.0556. The van der Waals surface area contributed by atoms with Crippen LogP contribution in [0.2, 0.25) is 5.02 Å². The maximum atomic E-state index is 11.7. The molecular formula is C18H13ClN2O4. The summed E-state index contributed by atoms with van der Waals surface area (Å²) in [6, 6.07) is 13.7. The number of hydrogen-bond acceptors (Lipinski definition) is 3. The second-order valence-corrected chi connectivity index (χ2v) is 5.80. The molecule has 3 aromatic rings. The molecule has 2 N–H and O–H groups in total. The number of halogens is 1. The smallest absolute Gasteiger partial charge is 0.357 e. The minimum Gasteiger partial charge on any atom is -0.478 e. The first-order valence-electron chi connectivity index (χ1n) is 7.31. The fourth-order valence-corrected chi connectivity index (χ4v) is 2.71. The average Bonchev–Trinajstić information content (AvgIpc) is 2.99. The predicted octanol–water partition coefficient (Wildman–Crippen LogP) is 3.90. The van der Waals surface area contributed by atoms with Crippen LogP contribution in [-0.4, -0.2) is 31.9 Å². The Kier molecular flexibility index (Phi) is 4.29. The number of aryl methyl sites for hydroxylation is 1. The topological polar surface area (TPSA) is 92.4 Å². The number of carboxylic acids is 2. The summed E-state index contributed by atoms with van der Waals surface area (Å²) in [6.45, 7) is 1.83. The molecule has 0 unspecified atom stereocenters. The molecule has 0 aliphatic carbocycles. The standard InChI is InChI=1S/C18H13ClN2O4/c1-10-7-8-12(9-13(10)19)21-16(11-5-3-2-4-6-11)14(17(22)23)15(20-21)18(24)25/h2-9H,1H3,(H,22,23)(H,24,25). The van der Waals surface area contributed by atoms with Crippen LogP contribution in [0.1, 0.15) is 26.4 Å². The highest BCUT2D eigenvalue weighted by atomic mass is 35.5. The molecule has 1 heterocycles. The molecular weight excluding hydrogens is 344 g/mol. The van der Waals surface area contributed by atoms with Crippen LogP contribution in [0, 0.1) is 6.92 Å². The molecule has 0 saturated heterocycles. The second kappa shape index (κ2) is 6.41. The van der Waals surface area contributed by atoms with E-state index in [1.54, 1.807) is 48.5 Å². The number of carbonyl (C=O) groups is 2. The fourth-order valence-electron chi connectivity index (χ4n) is 2.53. The third-order valence-electron chi connectivity index (χ3n) is 3.75. The van der Waals surface area contributed by atoms with Crippen LogP contribution in [-0.2, 0) is 0 Å². The highest BCUT2D eigenvalue weighted by Crippen LogP contribution is 2.30. The molecule has 0 fully saturated rings. The lowest BCUT2D eigenvalue weighted by atomic mass is 10.1. The molecule has 3 rings (SSSR count). The summed E-state index contributed by atoms with van der Waals surface area (Å²) < 4.78 is 1.30. The van der Waals surface area contributed by atoms with Crippen molar-refractivity contribution in [3.05, 3.63) is 70.4 Å². The van der Waals surface area contributed by atoms with Gasteiger partial charge in [-0.1, -0.05) is 48.0 Å². The quantitative estimate of drug-likeness (QED) is 0.739. The Hall–Kier alpha value is -3.12. The number of hydrogen-bond donors (Lipinski definition) is 2. The van der Waals surface area contributed by atoms with Gasteiger partial charge in [0.2, 0.25) is 0 Å². The SMILES string of the molecule is Cc1ccc(-n2nc(C(=O)O)c(C(=O)O)c2-c2ccccc2)cc1Cl. The molecule has 0 spiro atoms. The average molecular weight is 357 g/mol. The Morgan fingerprint density at radius 3 is 2.28 bits per heavy atom. The third kappa shape index (κ3) is 2.99. The van der Waals surface area contributed by atoms with Gasteiger partial charge in [0.25, 0.3) is 0 Å². The molecule has 126 valence electrons. The van der Waals surface area contributed by atoms with Crippen LogP contribution in [0.4, 0.5) is 0 Å². The molecule has 2 aromatic carbocycles. The first-order valence-corrected chi connectivity index (χ1v) is 7.69. The summed E-state index contributed by atoms with van der Waals surface area (Å²) in [5, 5.41) is 23.5. The van der Waals surface area contributed by atoms with Crippen molar-refractivity contribution in [2.24, 2.45) is 0 Å². The summed E-state index contributed by atoms with van der Waals surface area (Å²) in [4.78, 5) is 23.3. The van der Waals surface area contributed by atoms with E-state index in [-0.39, 0.29) is 11.3 Å². The zero-order valence-corrected chi connectivity index (χ0v) is 13.9. The van der Waals surface area contributed by atoms with Crippen LogP contribution in [0.15, 0.2) is 48.5 Å². The minimum atomic E-state index is -1.41. The van der Waals surface area contributed by atoms with Crippen LogP contribution >= 0.6 is 11.6 Å². The Morgan fingerprint density at radius 1 is 1.04 bits per heavy atom. The Morgan fingerprint density at radius 2 is 1.72 bits per heavy atom. The zero-order chi connectivity index (χ0) is 18.1. The molecule has 0 atom stereocenters. The van der Waals surface area contributed by atoms with Crippen molar-refractivity contribution < 1.29 is 19.8 Å². The molecule has 0 bridgehead atoms. The maximum absolute atomic E-state index is 11.7. The van der Waals surface area contributed by atoms with Gasteiger partial charge in [0.15, 0.2) is 5.69 Å². The van der Waals surface area contributed by atoms with E-state index in [0.29, 0.717) is 16.3 Å². The number of aromatic carboxylic acids is 2. The molecule has 25 heavy (non-hydrogen) atoms. The number of carboxylic acid groups (broad SMARTS) is 2. The van der Waals surface area contributed by atoms with E-state index < -0.39 is 17.6 Å². The molecule has 0 aliphatic rings. The molecule has 0 saturated carbocycles. The van der Waals surface area contributed by atoms with E-state index in [0.717, 1.165) is 5.56 Å². The van der Waals surface area contributed by atoms with Crippen LogP contribution < -0.4 is 0 Å². The number of nitrogens with zero attached hydrogens (tertiary/aromatic N) is 2. The van der Waals surface area contributed by atoms with Crippen molar-refractivity contribution in [2.75, 3.05) is 0 Å². The molecule has 1 aromatic heterocycles. The van der Waals surface area contributed by atoms with E-state index in [4.69, 9.17) is 11.6 Å². The highest BCUT2D eigenvalue weighted by Gasteiger charge is 2.29. The normalized spacial score (nSPS) is 10.6. The van der Waals surface area contributed by atoms with Gasteiger partial charge in [0.1, 0.15) is 5.56 Å². The number of benzene rings is 2. The van der Waals surface area contributed by atoms with E-state index in [2.05, 4.69) is 5.10 Å². The predicted molar refractivity (Wildman–Crippen MR) is 92.7 cm³/mol. The Balaban J connectivity index is 2.38. The first kappa shape index (κ1) is 16.7. The maximum Gasteiger partial charge on any atom is 0.357 e. The number of rotatable bonds is 4. The van der Waals surface area contributed by atoms with Crippen molar-refractivity contribution in [3.8, 4) is 16.9 Å². The third-order valence-corrected chi connectivity index (χ3v) is 4.16. The number of aromatic nitrogens is 2. The first-order chi connectivity index (χ1) is 11.9. The lowest BCUT2D eigenvalue weighted by Gasteiger charge is -2.10. The van der Waals surface area contributed by atoms with Gasteiger partial charge in [0.05, 0.1) is 11.4 Å². The minimum absolute atomic E-state index is 0.186. The largest absolute Gasteiger partial charge is 0.478 e. The van der Waals surface area contributed by atoms with Gasteiger partial charge >= 0.3 is 11.9 Å². The van der Waals surface area contributed by atoms with Gasteiger partial charge in [-0.05, 0) is 24.6 Å². The van der Waals surface area contributed by atoms with E-state index in [1.807, 2.05) is 6.92 Å². The lowest BCUT2D eigenvalue weighted by Crippen LogP contribution is -2.07. The van der Waals surface area contributed by atoms with E-state index in [9.17, 15) is 19.8 Å². The second-order valence-electron chi connectivity index (χ2n) is 5.39. The Labute approximate surface area is 147 Å². The molecule has 0 radical (unpaired) electrons. The van der Waals surface area contributed by atoms with Gasteiger partial charge in [-0.3, -0.25) is 0 Å².